The maximum atomic E-state index is 2.33. The lowest BCUT2D eigenvalue weighted by Gasteiger charge is -2.06. The van der Waals surface area contributed by atoms with Crippen LogP contribution in [0.3, 0.4) is 0 Å². The SMILES string of the molecule is CCCC[CH]c1ccc(C(C)C)cc1. The molecule has 0 aliphatic rings. The van der Waals surface area contributed by atoms with Gasteiger partial charge in [0.15, 0.2) is 0 Å². The van der Waals surface area contributed by atoms with Gasteiger partial charge in [0.25, 0.3) is 0 Å². The van der Waals surface area contributed by atoms with E-state index in [9.17, 15) is 0 Å². The third-order valence-corrected chi connectivity index (χ3v) is 2.54. The van der Waals surface area contributed by atoms with E-state index in [2.05, 4.69) is 51.5 Å². The number of hydrogen-bond donors (Lipinski definition) is 0. The molecule has 14 heavy (non-hydrogen) atoms. The van der Waals surface area contributed by atoms with Gasteiger partial charge >= 0.3 is 0 Å². The lowest BCUT2D eigenvalue weighted by molar-refractivity contribution is 0.790. The summed E-state index contributed by atoms with van der Waals surface area (Å²) in [5, 5.41) is 0. The summed E-state index contributed by atoms with van der Waals surface area (Å²) < 4.78 is 0. The van der Waals surface area contributed by atoms with E-state index in [1.807, 2.05) is 0 Å². The van der Waals surface area contributed by atoms with E-state index in [0.717, 1.165) is 0 Å². The van der Waals surface area contributed by atoms with Gasteiger partial charge in [0.1, 0.15) is 0 Å². The van der Waals surface area contributed by atoms with Gasteiger partial charge in [0, 0.05) is 0 Å². The van der Waals surface area contributed by atoms with E-state index >= 15 is 0 Å². The Hall–Kier alpha value is -0.780. The molecule has 1 aromatic carbocycles. The highest BCUT2D eigenvalue weighted by molar-refractivity contribution is 5.28. The van der Waals surface area contributed by atoms with Crippen molar-refractivity contribution in [2.45, 2.75) is 46.0 Å². The lowest BCUT2D eigenvalue weighted by Crippen LogP contribution is -1.88. The molecule has 0 heteroatoms. The smallest absolute Gasteiger partial charge is 0.00931 e. The van der Waals surface area contributed by atoms with E-state index in [-0.39, 0.29) is 0 Å². The van der Waals surface area contributed by atoms with Crippen LogP contribution >= 0.6 is 0 Å². The highest BCUT2D eigenvalue weighted by Crippen LogP contribution is 2.16. The Labute approximate surface area is 88.4 Å². The summed E-state index contributed by atoms with van der Waals surface area (Å²) in [4.78, 5) is 0. The minimum atomic E-state index is 0.639. The van der Waals surface area contributed by atoms with Crippen molar-refractivity contribution < 1.29 is 0 Å². The molecule has 0 saturated heterocycles. The van der Waals surface area contributed by atoms with Crippen LogP contribution in [0.25, 0.3) is 0 Å². The summed E-state index contributed by atoms with van der Waals surface area (Å²) in [6, 6.07) is 8.93. The second-order valence-corrected chi connectivity index (χ2v) is 4.17. The van der Waals surface area contributed by atoms with Crippen LogP contribution in [0, 0.1) is 6.42 Å². The van der Waals surface area contributed by atoms with Crippen molar-refractivity contribution in [3.8, 4) is 0 Å². The van der Waals surface area contributed by atoms with Gasteiger partial charge in [0.2, 0.25) is 0 Å². The normalized spacial score (nSPS) is 10.9. The zero-order chi connectivity index (χ0) is 10.4. The first-order chi connectivity index (χ1) is 6.74. The Morgan fingerprint density at radius 3 is 2.29 bits per heavy atom. The van der Waals surface area contributed by atoms with Crippen molar-refractivity contribution >= 4 is 0 Å². The van der Waals surface area contributed by atoms with Crippen molar-refractivity contribution in [3.63, 3.8) is 0 Å². The van der Waals surface area contributed by atoms with Gasteiger partial charge in [-0.3, -0.25) is 0 Å². The van der Waals surface area contributed by atoms with Crippen LogP contribution in [0.4, 0.5) is 0 Å². The molecule has 77 valence electrons. The Kier molecular flexibility index (Phi) is 4.72. The van der Waals surface area contributed by atoms with Crippen molar-refractivity contribution in [1.82, 2.24) is 0 Å². The largest absolute Gasteiger partial charge is 0.0654 e. The predicted octanol–water partition coefficient (Wildman–Crippen LogP) is 4.55. The fourth-order valence-corrected chi connectivity index (χ4v) is 1.49. The van der Waals surface area contributed by atoms with E-state index < -0.39 is 0 Å². The van der Waals surface area contributed by atoms with Gasteiger partial charge in [-0.1, -0.05) is 57.9 Å². The highest BCUT2D eigenvalue weighted by atomic mass is 14.0. The summed E-state index contributed by atoms with van der Waals surface area (Å²) >= 11 is 0. The third kappa shape index (κ3) is 3.53. The summed E-state index contributed by atoms with van der Waals surface area (Å²) in [5.74, 6) is 0.639. The molecule has 0 spiro atoms. The lowest BCUT2D eigenvalue weighted by atomic mass is 10.00. The molecule has 0 fully saturated rings. The monoisotopic (exact) mass is 189 g/mol. The predicted molar refractivity (Wildman–Crippen MR) is 63.5 cm³/mol. The Balaban J connectivity index is 2.47. The molecule has 1 radical (unpaired) electrons. The molecule has 0 aromatic heterocycles. The number of unbranched alkanes of at least 4 members (excludes halogenated alkanes) is 2. The van der Waals surface area contributed by atoms with Crippen LogP contribution < -0.4 is 0 Å². The summed E-state index contributed by atoms with van der Waals surface area (Å²) in [6.07, 6.45) is 6.11. The van der Waals surface area contributed by atoms with Crippen LogP contribution in [0.5, 0.6) is 0 Å². The molecule has 0 bridgehead atoms. The Bertz CT molecular complexity index is 243. The van der Waals surface area contributed by atoms with E-state index in [0.29, 0.717) is 5.92 Å². The standard InChI is InChI=1S/C14H21/c1-4-5-6-7-13-8-10-14(11-9-13)12(2)3/h7-12H,4-6H2,1-3H3. The molecule has 0 N–H and O–H groups in total. The molecule has 0 aliphatic heterocycles. The molecule has 0 unspecified atom stereocenters. The Morgan fingerprint density at radius 1 is 1.14 bits per heavy atom. The number of benzene rings is 1. The third-order valence-electron chi connectivity index (χ3n) is 2.54. The fourth-order valence-electron chi connectivity index (χ4n) is 1.49. The van der Waals surface area contributed by atoms with Crippen molar-refractivity contribution in [2.24, 2.45) is 0 Å². The minimum absolute atomic E-state index is 0.639. The molecular formula is C14H21. The molecule has 0 saturated carbocycles. The summed E-state index contributed by atoms with van der Waals surface area (Å²) in [5.41, 5.74) is 2.79. The molecule has 1 aromatic rings. The van der Waals surface area contributed by atoms with Crippen LogP contribution in [-0.2, 0) is 0 Å². The van der Waals surface area contributed by atoms with Gasteiger partial charge < -0.3 is 0 Å². The van der Waals surface area contributed by atoms with Gasteiger partial charge in [-0.15, -0.1) is 0 Å². The van der Waals surface area contributed by atoms with Crippen LogP contribution in [0.2, 0.25) is 0 Å². The average molecular weight is 189 g/mol. The first-order valence-electron chi connectivity index (χ1n) is 5.67. The van der Waals surface area contributed by atoms with Gasteiger partial charge in [-0.2, -0.15) is 0 Å². The summed E-state index contributed by atoms with van der Waals surface area (Å²) in [7, 11) is 0. The summed E-state index contributed by atoms with van der Waals surface area (Å²) in [6.45, 7) is 6.70. The quantitative estimate of drug-likeness (QED) is 0.596. The molecule has 1 rings (SSSR count). The highest BCUT2D eigenvalue weighted by Gasteiger charge is 1.98. The van der Waals surface area contributed by atoms with Crippen molar-refractivity contribution in [3.05, 3.63) is 41.8 Å². The van der Waals surface area contributed by atoms with Crippen LogP contribution in [-0.4, -0.2) is 0 Å². The van der Waals surface area contributed by atoms with Gasteiger partial charge in [0.05, 0.1) is 0 Å². The molecule has 0 atom stereocenters. The zero-order valence-corrected chi connectivity index (χ0v) is 9.59. The molecule has 0 amide bonds. The van der Waals surface area contributed by atoms with Crippen LogP contribution in [0.1, 0.15) is 57.1 Å². The van der Waals surface area contributed by atoms with Gasteiger partial charge in [-0.05, 0) is 29.9 Å². The molecular weight excluding hydrogens is 168 g/mol. The van der Waals surface area contributed by atoms with E-state index in [1.165, 1.54) is 30.4 Å². The minimum Gasteiger partial charge on any atom is -0.0654 e. The second-order valence-electron chi connectivity index (χ2n) is 4.17. The molecule has 0 nitrogen and oxygen atoms in total. The average Bonchev–Trinajstić information content (AvgIpc) is 2.19. The van der Waals surface area contributed by atoms with Crippen molar-refractivity contribution in [2.75, 3.05) is 0 Å². The maximum Gasteiger partial charge on any atom is -0.00931 e. The van der Waals surface area contributed by atoms with Crippen LogP contribution in [0.15, 0.2) is 24.3 Å². The zero-order valence-electron chi connectivity index (χ0n) is 9.59. The topological polar surface area (TPSA) is 0 Å². The van der Waals surface area contributed by atoms with E-state index in [1.54, 1.807) is 0 Å². The second kappa shape index (κ2) is 5.85. The number of hydrogen-bond acceptors (Lipinski definition) is 0. The molecule has 0 heterocycles. The van der Waals surface area contributed by atoms with Gasteiger partial charge in [-0.25, -0.2) is 0 Å². The fraction of sp³-hybridized carbons (Fsp3) is 0.500. The van der Waals surface area contributed by atoms with Crippen molar-refractivity contribution in [1.29, 1.82) is 0 Å². The first kappa shape index (κ1) is 11.3. The van der Waals surface area contributed by atoms with E-state index in [4.69, 9.17) is 0 Å². The first-order valence-corrected chi connectivity index (χ1v) is 5.67. The number of rotatable bonds is 5. The maximum absolute atomic E-state index is 2.33. The Morgan fingerprint density at radius 2 is 1.79 bits per heavy atom. The molecule has 0 aliphatic carbocycles.